The highest BCUT2D eigenvalue weighted by atomic mass is 35.5. The molecule has 1 rings (SSSR count). The van der Waals surface area contributed by atoms with E-state index in [0.717, 1.165) is 0 Å². The standard InChI is InChI=1S/C9H10ClFO/c10-6-8(12)9(11)7-4-2-1-3-5-7/h1-5,8-9,12H,6H2/t8-,9-/m1/s1. The number of halogens is 2. The number of alkyl halides is 2. The van der Waals surface area contributed by atoms with Crippen molar-refractivity contribution in [1.82, 2.24) is 0 Å². The topological polar surface area (TPSA) is 20.2 Å². The molecule has 0 aliphatic rings. The second-order valence-electron chi connectivity index (χ2n) is 2.53. The molecule has 0 saturated heterocycles. The third-order valence-electron chi connectivity index (χ3n) is 1.61. The Morgan fingerprint density at radius 3 is 2.42 bits per heavy atom. The Bertz CT molecular complexity index is 227. The number of aliphatic hydroxyl groups excluding tert-OH is 1. The maximum Gasteiger partial charge on any atom is 0.152 e. The predicted molar refractivity (Wildman–Crippen MR) is 47.0 cm³/mol. The molecule has 0 heterocycles. The molecule has 1 aromatic carbocycles. The zero-order valence-electron chi connectivity index (χ0n) is 6.45. The van der Waals surface area contributed by atoms with Gasteiger partial charge in [-0.3, -0.25) is 0 Å². The van der Waals surface area contributed by atoms with Gasteiger partial charge >= 0.3 is 0 Å². The summed E-state index contributed by atoms with van der Waals surface area (Å²) in [7, 11) is 0. The molecule has 1 N–H and O–H groups in total. The number of hydrogen-bond acceptors (Lipinski definition) is 1. The molecule has 0 spiro atoms. The largest absolute Gasteiger partial charge is 0.388 e. The molecule has 0 aliphatic heterocycles. The average Bonchev–Trinajstić information content (AvgIpc) is 2.17. The van der Waals surface area contributed by atoms with Crippen LogP contribution in [0, 0.1) is 0 Å². The predicted octanol–water partition coefficient (Wildman–Crippen LogP) is 2.30. The van der Waals surface area contributed by atoms with E-state index in [1.54, 1.807) is 30.3 Å². The van der Waals surface area contributed by atoms with E-state index in [2.05, 4.69) is 0 Å². The van der Waals surface area contributed by atoms with Crippen LogP contribution in [0.4, 0.5) is 4.39 Å². The molecule has 1 nitrogen and oxygen atoms in total. The Balaban J connectivity index is 2.71. The Labute approximate surface area is 75.8 Å². The summed E-state index contributed by atoms with van der Waals surface area (Å²) in [6, 6.07) is 8.50. The second-order valence-corrected chi connectivity index (χ2v) is 2.84. The summed E-state index contributed by atoms with van der Waals surface area (Å²) in [6.07, 6.45) is -2.50. The van der Waals surface area contributed by atoms with Crippen LogP contribution < -0.4 is 0 Å². The van der Waals surface area contributed by atoms with Gasteiger partial charge in [-0.05, 0) is 5.56 Å². The zero-order chi connectivity index (χ0) is 8.97. The minimum Gasteiger partial charge on any atom is -0.388 e. The molecule has 0 bridgehead atoms. The van der Waals surface area contributed by atoms with Crippen molar-refractivity contribution in [2.45, 2.75) is 12.3 Å². The van der Waals surface area contributed by atoms with Gasteiger partial charge in [0.05, 0.1) is 5.88 Å². The van der Waals surface area contributed by atoms with Crippen molar-refractivity contribution in [3.8, 4) is 0 Å². The lowest BCUT2D eigenvalue weighted by molar-refractivity contribution is 0.0961. The maximum atomic E-state index is 13.2. The third kappa shape index (κ3) is 2.19. The lowest BCUT2D eigenvalue weighted by atomic mass is 10.1. The second kappa shape index (κ2) is 4.43. The van der Waals surface area contributed by atoms with Crippen LogP contribution in [-0.4, -0.2) is 17.1 Å². The minimum atomic E-state index is -1.39. The highest BCUT2D eigenvalue weighted by Crippen LogP contribution is 2.21. The van der Waals surface area contributed by atoms with Gasteiger partial charge in [0, 0.05) is 0 Å². The lowest BCUT2D eigenvalue weighted by Gasteiger charge is -2.12. The van der Waals surface area contributed by atoms with Crippen molar-refractivity contribution in [2.75, 3.05) is 5.88 Å². The third-order valence-corrected chi connectivity index (χ3v) is 1.93. The van der Waals surface area contributed by atoms with E-state index >= 15 is 0 Å². The molecular weight excluding hydrogens is 179 g/mol. The fourth-order valence-corrected chi connectivity index (χ4v) is 1.09. The maximum absolute atomic E-state index is 13.2. The van der Waals surface area contributed by atoms with E-state index in [1.807, 2.05) is 0 Å². The van der Waals surface area contributed by atoms with Crippen LogP contribution >= 0.6 is 11.6 Å². The molecule has 3 heteroatoms. The van der Waals surface area contributed by atoms with Gasteiger partial charge in [0.15, 0.2) is 6.17 Å². The molecule has 12 heavy (non-hydrogen) atoms. The summed E-state index contributed by atoms with van der Waals surface area (Å²) in [5.41, 5.74) is 0.464. The normalized spacial score (nSPS) is 15.6. The van der Waals surface area contributed by atoms with Crippen molar-refractivity contribution in [1.29, 1.82) is 0 Å². The van der Waals surface area contributed by atoms with Crippen LogP contribution in [0.3, 0.4) is 0 Å². The van der Waals surface area contributed by atoms with Gasteiger partial charge < -0.3 is 5.11 Å². The van der Waals surface area contributed by atoms with Crippen LogP contribution in [0.2, 0.25) is 0 Å². The van der Waals surface area contributed by atoms with E-state index in [-0.39, 0.29) is 5.88 Å². The summed E-state index contributed by atoms with van der Waals surface area (Å²) in [4.78, 5) is 0. The van der Waals surface area contributed by atoms with Gasteiger partial charge in [-0.2, -0.15) is 0 Å². The van der Waals surface area contributed by atoms with Crippen molar-refractivity contribution in [3.63, 3.8) is 0 Å². The number of hydrogen-bond donors (Lipinski definition) is 1. The first kappa shape index (κ1) is 9.49. The fourth-order valence-electron chi connectivity index (χ4n) is 0.937. The first-order valence-corrected chi connectivity index (χ1v) is 4.22. The van der Waals surface area contributed by atoms with Crippen LogP contribution in [0.15, 0.2) is 30.3 Å². The number of rotatable bonds is 3. The van der Waals surface area contributed by atoms with Crippen molar-refractivity contribution in [3.05, 3.63) is 35.9 Å². The van der Waals surface area contributed by atoms with E-state index in [4.69, 9.17) is 16.7 Å². The van der Waals surface area contributed by atoms with Crippen LogP contribution in [-0.2, 0) is 0 Å². The van der Waals surface area contributed by atoms with E-state index in [1.165, 1.54) is 0 Å². The van der Waals surface area contributed by atoms with Crippen molar-refractivity contribution in [2.24, 2.45) is 0 Å². The highest BCUT2D eigenvalue weighted by molar-refractivity contribution is 6.18. The minimum absolute atomic E-state index is 0.0872. The molecule has 0 unspecified atom stereocenters. The fraction of sp³-hybridized carbons (Fsp3) is 0.333. The Hall–Kier alpha value is -0.600. The SMILES string of the molecule is O[C@H](CCl)[C@H](F)c1ccccc1. The van der Waals surface area contributed by atoms with E-state index < -0.39 is 12.3 Å². The monoisotopic (exact) mass is 188 g/mol. The molecule has 0 aromatic heterocycles. The molecule has 0 saturated carbocycles. The zero-order valence-corrected chi connectivity index (χ0v) is 7.21. The molecular formula is C9H10ClFO. The van der Waals surface area contributed by atoms with Crippen LogP contribution in [0.25, 0.3) is 0 Å². The summed E-state index contributed by atoms with van der Waals surface area (Å²) < 4.78 is 13.2. The Kier molecular flexibility index (Phi) is 3.50. The smallest absolute Gasteiger partial charge is 0.152 e. The molecule has 0 aliphatic carbocycles. The summed E-state index contributed by atoms with van der Waals surface area (Å²) in [6.45, 7) is 0. The summed E-state index contributed by atoms with van der Waals surface area (Å²) in [5.74, 6) is -0.0872. The van der Waals surface area contributed by atoms with Gasteiger partial charge in [0.25, 0.3) is 0 Å². The van der Waals surface area contributed by atoms with Crippen LogP contribution in [0.1, 0.15) is 11.7 Å². The van der Waals surface area contributed by atoms with Crippen molar-refractivity contribution >= 4 is 11.6 Å². The average molecular weight is 189 g/mol. The first-order chi connectivity index (χ1) is 5.75. The Morgan fingerprint density at radius 1 is 1.33 bits per heavy atom. The molecule has 66 valence electrons. The summed E-state index contributed by atoms with van der Waals surface area (Å²) >= 11 is 5.31. The van der Waals surface area contributed by atoms with Gasteiger partial charge in [0.1, 0.15) is 6.10 Å². The lowest BCUT2D eigenvalue weighted by Crippen LogP contribution is -2.16. The summed E-state index contributed by atoms with van der Waals surface area (Å²) in [5, 5.41) is 9.07. The van der Waals surface area contributed by atoms with Gasteiger partial charge in [-0.15, -0.1) is 11.6 Å². The number of aliphatic hydroxyl groups is 1. The molecule has 2 atom stereocenters. The molecule has 1 aromatic rings. The van der Waals surface area contributed by atoms with Crippen molar-refractivity contribution < 1.29 is 9.50 Å². The highest BCUT2D eigenvalue weighted by Gasteiger charge is 2.18. The molecule has 0 amide bonds. The molecule has 0 radical (unpaired) electrons. The first-order valence-electron chi connectivity index (χ1n) is 3.68. The Morgan fingerprint density at radius 2 is 1.92 bits per heavy atom. The van der Waals surface area contributed by atoms with Gasteiger partial charge in [-0.25, -0.2) is 4.39 Å². The van der Waals surface area contributed by atoms with Gasteiger partial charge in [-0.1, -0.05) is 30.3 Å². The van der Waals surface area contributed by atoms with E-state index in [0.29, 0.717) is 5.56 Å². The van der Waals surface area contributed by atoms with E-state index in [9.17, 15) is 4.39 Å². The number of benzene rings is 1. The van der Waals surface area contributed by atoms with Crippen LogP contribution in [0.5, 0.6) is 0 Å². The molecule has 0 fully saturated rings. The quantitative estimate of drug-likeness (QED) is 0.722. The van der Waals surface area contributed by atoms with Gasteiger partial charge in [0.2, 0.25) is 0 Å².